The Balaban J connectivity index is 2.54. The van der Waals surface area contributed by atoms with Crippen LogP contribution in [0.4, 0.5) is 0 Å². The fourth-order valence-corrected chi connectivity index (χ4v) is 1.85. The highest BCUT2D eigenvalue weighted by atomic mass is 16.3. The van der Waals surface area contributed by atoms with Crippen molar-refractivity contribution < 1.29 is 5.11 Å². The number of aromatic hydroxyl groups is 1. The maximum absolute atomic E-state index is 9.42. The smallest absolute Gasteiger partial charge is 0.117 e. The number of aromatic nitrogens is 1. The summed E-state index contributed by atoms with van der Waals surface area (Å²) in [5.41, 5.74) is 2.33. The van der Waals surface area contributed by atoms with E-state index in [0.29, 0.717) is 5.75 Å². The largest absolute Gasteiger partial charge is 0.508 e. The zero-order valence-corrected chi connectivity index (χ0v) is 9.36. The quantitative estimate of drug-likeness (QED) is 0.809. The Morgan fingerprint density at radius 2 is 2.00 bits per heavy atom. The first-order chi connectivity index (χ1) is 7.08. The highest BCUT2D eigenvalue weighted by Crippen LogP contribution is 2.23. The molecule has 0 unspecified atom stereocenters. The van der Waals surface area contributed by atoms with E-state index in [4.69, 9.17) is 0 Å². The molecule has 2 rings (SSSR count). The summed E-state index contributed by atoms with van der Waals surface area (Å²) in [6.07, 6.45) is 0. The van der Waals surface area contributed by atoms with Gasteiger partial charge in [-0.05, 0) is 32.3 Å². The maximum atomic E-state index is 9.42. The molecule has 3 nitrogen and oxygen atoms in total. The van der Waals surface area contributed by atoms with Crippen molar-refractivity contribution in [3.05, 3.63) is 30.0 Å². The normalized spacial score (nSPS) is 11.5. The molecule has 15 heavy (non-hydrogen) atoms. The summed E-state index contributed by atoms with van der Waals surface area (Å²) in [5, 5.41) is 10.6. The van der Waals surface area contributed by atoms with E-state index in [1.165, 1.54) is 11.1 Å². The molecule has 1 heterocycles. The molecule has 1 aromatic carbocycles. The van der Waals surface area contributed by atoms with Crippen LogP contribution in [0, 0.1) is 0 Å². The third-order valence-electron chi connectivity index (χ3n) is 2.61. The molecule has 1 aromatic heterocycles. The second-order valence-corrected chi connectivity index (χ2v) is 4.18. The lowest BCUT2D eigenvalue weighted by Crippen LogP contribution is -2.13. The number of benzene rings is 1. The molecule has 2 aromatic rings. The van der Waals surface area contributed by atoms with Gasteiger partial charge in [0.2, 0.25) is 0 Å². The van der Waals surface area contributed by atoms with Gasteiger partial charge in [0.1, 0.15) is 5.75 Å². The van der Waals surface area contributed by atoms with Crippen molar-refractivity contribution in [3.63, 3.8) is 0 Å². The molecule has 0 amide bonds. The van der Waals surface area contributed by atoms with E-state index >= 15 is 0 Å². The molecular formula is C12H16N2O. The average Bonchev–Trinajstić information content (AvgIpc) is 2.44. The van der Waals surface area contributed by atoms with Crippen LogP contribution in [0.1, 0.15) is 5.69 Å². The number of nitrogens with zero attached hydrogens (tertiary/aromatic N) is 2. The first kappa shape index (κ1) is 10.1. The monoisotopic (exact) mass is 204 g/mol. The molecule has 0 radical (unpaired) electrons. The van der Waals surface area contributed by atoms with Gasteiger partial charge in [0.15, 0.2) is 0 Å². The van der Waals surface area contributed by atoms with Crippen LogP contribution >= 0.6 is 0 Å². The summed E-state index contributed by atoms with van der Waals surface area (Å²) in [4.78, 5) is 2.13. The number of phenols is 1. The van der Waals surface area contributed by atoms with Crippen molar-refractivity contribution in [1.82, 2.24) is 9.47 Å². The van der Waals surface area contributed by atoms with Crippen LogP contribution in [0.5, 0.6) is 5.75 Å². The van der Waals surface area contributed by atoms with E-state index < -0.39 is 0 Å². The van der Waals surface area contributed by atoms with Gasteiger partial charge in [-0.25, -0.2) is 0 Å². The van der Waals surface area contributed by atoms with Crippen LogP contribution in [0.15, 0.2) is 24.3 Å². The Kier molecular flexibility index (Phi) is 2.40. The minimum atomic E-state index is 0.320. The van der Waals surface area contributed by atoms with Crippen molar-refractivity contribution >= 4 is 10.9 Å². The first-order valence-electron chi connectivity index (χ1n) is 5.00. The number of aryl methyl sites for hydroxylation is 1. The van der Waals surface area contributed by atoms with E-state index in [0.717, 1.165) is 12.1 Å². The maximum Gasteiger partial charge on any atom is 0.117 e. The van der Waals surface area contributed by atoms with E-state index in [1.54, 1.807) is 12.1 Å². The van der Waals surface area contributed by atoms with E-state index in [-0.39, 0.29) is 0 Å². The zero-order chi connectivity index (χ0) is 11.0. The Hall–Kier alpha value is -1.48. The van der Waals surface area contributed by atoms with Crippen LogP contribution in [0.2, 0.25) is 0 Å². The van der Waals surface area contributed by atoms with Crippen LogP contribution in [-0.4, -0.2) is 28.7 Å². The summed E-state index contributed by atoms with van der Waals surface area (Å²) in [7, 11) is 6.13. The minimum Gasteiger partial charge on any atom is -0.508 e. The second-order valence-electron chi connectivity index (χ2n) is 4.18. The fraction of sp³-hybridized carbons (Fsp3) is 0.333. The summed E-state index contributed by atoms with van der Waals surface area (Å²) in [5.74, 6) is 0.320. The molecule has 1 N–H and O–H groups in total. The second kappa shape index (κ2) is 3.59. The lowest BCUT2D eigenvalue weighted by molar-refractivity contribution is 0.392. The molecule has 0 saturated heterocycles. The average molecular weight is 204 g/mol. The Morgan fingerprint density at radius 3 is 2.67 bits per heavy atom. The molecule has 0 fully saturated rings. The Bertz CT molecular complexity index is 486. The molecule has 0 aliphatic rings. The highest BCUT2D eigenvalue weighted by Gasteiger charge is 2.06. The van der Waals surface area contributed by atoms with Crippen LogP contribution in [0.3, 0.4) is 0 Å². The third-order valence-corrected chi connectivity index (χ3v) is 2.61. The standard InChI is InChI=1S/C12H16N2O/c1-13(2)8-10-6-9-4-5-11(15)7-12(9)14(10)3/h4-7,15H,8H2,1-3H3. The number of hydrogen-bond donors (Lipinski definition) is 1. The topological polar surface area (TPSA) is 28.4 Å². The molecule has 0 spiro atoms. The van der Waals surface area contributed by atoms with Crippen molar-refractivity contribution in [1.29, 1.82) is 0 Å². The fourth-order valence-electron chi connectivity index (χ4n) is 1.85. The summed E-state index contributed by atoms with van der Waals surface area (Å²) in [6.45, 7) is 0.909. The minimum absolute atomic E-state index is 0.320. The van der Waals surface area contributed by atoms with Crippen molar-refractivity contribution in [3.8, 4) is 5.75 Å². The Morgan fingerprint density at radius 1 is 1.27 bits per heavy atom. The molecule has 80 valence electrons. The SMILES string of the molecule is CN(C)Cc1cc2ccc(O)cc2n1C. The van der Waals surface area contributed by atoms with E-state index in [1.807, 2.05) is 13.1 Å². The number of phenolic OH excluding ortho intramolecular Hbond substituents is 1. The number of rotatable bonds is 2. The van der Waals surface area contributed by atoms with Gasteiger partial charge in [-0.1, -0.05) is 0 Å². The molecule has 0 saturated carbocycles. The van der Waals surface area contributed by atoms with Gasteiger partial charge < -0.3 is 14.6 Å². The van der Waals surface area contributed by atoms with Gasteiger partial charge in [0.25, 0.3) is 0 Å². The van der Waals surface area contributed by atoms with Gasteiger partial charge in [-0.2, -0.15) is 0 Å². The molecule has 0 aliphatic heterocycles. The predicted molar refractivity (Wildman–Crippen MR) is 62.0 cm³/mol. The van der Waals surface area contributed by atoms with Crippen LogP contribution < -0.4 is 0 Å². The molecule has 0 bridgehead atoms. The number of hydrogen-bond acceptors (Lipinski definition) is 2. The first-order valence-corrected chi connectivity index (χ1v) is 5.00. The highest BCUT2D eigenvalue weighted by molar-refractivity contribution is 5.82. The third kappa shape index (κ3) is 1.83. The van der Waals surface area contributed by atoms with Crippen molar-refractivity contribution in [2.24, 2.45) is 7.05 Å². The van der Waals surface area contributed by atoms with Gasteiger partial charge in [-0.3, -0.25) is 0 Å². The predicted octanol–water partition coefficient (Wildman–Crippen LogP) is 1.95. The van der Waals surface area contributed by atoms with Crippen molar-refractivity contribution in [2.75, 3.05) is 14.1 Å². The van der Waals surface area contributed by atoms with Crippen molar-refractivity contribution in [2.45, 2.75) is 6.54 Å². The molecule has 0 aliphatic carbocycles. The van der Waals surface area contributed by atoms with Gasteiger partial charge in [0.05, 0.1) is 5.52 Å². The zero-order valence-electron chi connectivity index (χ0n) is 9.36. The van der Waals surface area contributed by atoms with Gasteiger partial charge in [-0.15, -0.1) is 0 Å². The molecule has 3 heteroatoms. The lowest BCUT2D eigenvalue weighted by Gasteiger charge is -2.10. The van der Waals surface area contributed by atoms with E-state index in [9.17, 15) is 5.11 Å². The van der Waals surface area contributed by atoms with E-state index in [2.05, 4.69) is 29.6 Å². The van der Waals surface area contributed by atoms with Crippen LogP contribution in [-0.2, 0) is 13.6 Å². The Labute approximate surface area is 89.5 Å². The molecular weight excluding hydrogens is 188 g/mol. The summed E-state index contributed by atoms with van der Waals surface area (Å²) in [6, 6.07) is 7.63. The van der Waals surface area contributed by atoms with Gasteiger partial charge in [0, 0.05) is 30.7 Å². The lowest BCUT2D eigenvalue weighted by atomic mass is 10.2. The summed E-state index contributed by atoms with van der Waals surface area (Å²) < 4.78 is 2.12. The molecule has 0 atom stereocenters. The van der Waals surface area contributed by atoms with Gasteiger partial charge >= 0.3 is 0 Å². The number of fused-ring (bicyclic) bond motifs is 1. The summed E-state index contributed by atoms with van der Waals surface area (Å²) >= 11 is 0. The van der Waals surface area contributed by atoms with Crippen LogP contribution in [0.25, 0.3) is 10.9 Å².